The predicted molar refractivity (Wildman–Crippen MR) is 99.5 cm³/mol. The van der Waals surface area contributed by atoms with Gasteiger partial charge in [0.05, 0.1) is 5.02 Å². The van der Waals surface area contributed by atoms with E-state index in [9.17, 15) is 8.42 Å². The fourth-order valence-electron chi connectivity index (χ4n) is 2.23. The molecular formula is C19H16ClNO3S. The minimum Gasteiger partial charge on any atom is -0.489 e. The van der Waals surface area contributed by atoms with Gasteiger partial charge in [0.1, 0.15) is 17.3 Å². The largest absolute Gasteiger partial charge is 0.489 e. The third kappa shape index (κ3) is 4.53. The number of rotatable bonds is 6. The van der Waals surface area contributed by atoms with Crippen LogP contribution in [0.5, 0.6) is 5.75 Å². The highest BCUT2D eigenvalue weighted by Crippen LogP contribution is 2.24. The minimum absolute atomic E-state index is 0.0427. The van der Waals surface area contributed by atoms with Crippen LogP contribution in [0.15, 0.2) is 83.8 Å². The average Bonchev–Trinajstić information content (AvgIpc) is 2.62. The molecule has 0 atom stereocenters. The molecular weight excluding hydrogens is 358 g/mol. The number of ether oxygens (including phenoxy) is 1. The van der Waals surface area contributed by atoms with E-state index in [0.29, 0.717) is 18.0 Å². The van der Waals surface area contributed by atoms with Crippen LogP contribution in [-0.4, -0.2) is 8.42 Å². The first-order valence-electron chi connectivity index (χ1n) is 7.59. The Morgan fingerprint density at radius 2 is 1.48 bits per heavy atom. The molecule has 0 spiro atoms. The zero-order valence-electron chi connectivity index (χ0n) is 13.2. The number of sulfonamides is 1. The Labute approximate surface area is 152 Å². The van der Waals surface area contributed by atoms with Crippen LogP contribution in [0.4, 0.5) is 5.69 Å². The van der Waals surface area contributed by atoms with Crippen molar-refractivity contribution in [1.82, 2.24) is 0 Å². The zero-order valence-corrected chi connectivity index (χ0v) is 14.8. The molecule has 0 bridgehead atoms. The molecule has 4 nitrogen and oxygen atoms in total. The molecule has 0 amide bonds. The summed E-state index contributed by atoms with van der Waals surface area (Å²) in [6, 6.07) is 22.8. The van der Waals surface area contributed by atoms with Crippen LogP contribution in [0, 0.1) is 0 Å². The van der Waals surface area contributed by atoms with Gasteiger partial charge in [-0.2, -0.15) is 0 Å². The Hall–Kier alpha value is -2.50. The van der Waals surface area contributed by atoms with E-state index in [2.05, 4.69) is 4.72 Å². The number of halogens is 1. The van der Waals surface area contributed by atoms with Crippen LogP contribution < -0.4 is 9.46 Å². The van der Waals surface area contributed by atoms with Gasteiger partial charge in [0.15, 0.2) is 0 Å². The quantitative estimate of drug-likeness (QED) is 0.680. The molecule has 0 unspecified atom stereocenters. The van der Waals surface area contributed by atoms with E-state index in [-0.39, 0.29) is 9.92 Å². The van der Waals surface area contributed by atoms with Crippen LogP contribution in [-0.2, 0) is 16.6 Å². The third-order valence-corrected chi connectivity index (χ3v) is 5.36. The van der Waals surface area contributed by atoms with E-state index < -0.39 is 10.0 Å². The summed E-state index contributed by atoms with van der Waals surface area (Å²) in [7, 11) is -3.73. The van der Waals surface area contributed by atoms with Gasteiger partial charge in [0.2, 0.25) is 0 Å². The molecule has 25 heavy (non-hydrogen) atoms. The van der Waals surface area contributed by atoms with Crippen molar-refractivity contribution in [3.8, 4) is 5.75 Å². The van der Waals surface area contributed by atoms with E-state index in [4.69, 9.17) is 16.3 Å². The number of benzene rings is 3. The summed E-state index contributed by atoms with van der Waals surface area (Å²) in [5.74, 6) is 0.657. The van der Waals surface area contributed by atoms with Crippen molar-refractivity contribution in [1.29, 1.82) is 0 Å². The van der Waals surface area contributed by atoms with Gasteiger partial charge < -0.3 is 4.74 Å². The Balaban J connectivity index is 1.67. The molecule has 0 aliphatic rings. The second-order valence-corrected chi connectivity index (χ2v) is 7.39. The van der Waals surface area contributed by atoms with Crippen LogP contribution >= 0.6 is 11.6 Å². The van der Waals surface area contributed by atoms with Gasteiger partial charge in [-0.25, -0.2) is 8.42 Å². The SMILES string of the molecule is O=S(=O)(Nc1ccc(OCc2ccccc2)cc1)c1ccccc1Cl. The summed E-state index contributed by atoms with van der Waals surface area (Å²) >= 11 is 5.96. The summed E-state index contributed by atoms with van der Waals surface area (Å²) < 4.78 is 33.0. The Morgan fingerprint density at radius 1 is 0.840 bits per heavy atom. The Kier molecular flexibility index (Phi) is 5.26. The highest BCUT2D eigenvalue weighted by atomic mass is 35.5. The number of nitrogens with one attached hydrogen (secondary N) is 1. The van der Waals surface area contributed by atoms with Gasteiger partial charge in [-0.3, -0.25) is 4.72 Å². The number of hydrogen-bond acceptors (Lipinski definition) is 3. The fourth-order valence-corrected chi connectivity index (χ4v) is 3.81. The lowest BCUT2D eigenvalue weighted by Crippen LogP contribution is -2.13. The molecule has 0 radical (unpaired) electrons. The number of anilines is 1. The first-order chi connectivity index (χ1) is 12.0. The van der Waals surface area contributed by atoms with Crippen LogP contribution in [0.2, 0.25) is 5.02 Å². The second kappa shape index (κ2) is 7.59. The third-order valence-electron chi connectivity index (χ3n) is 3.48. The molecule has 0 saturated carbocycles. The lowest BCUT2D eigenvalue weighted by atomic mass is 10.2. The maximum absolute atomic E-state index is 12.4. The summed E-state index contributed by atoms with van der Waals surface area (Å²) in [4.78, 5) is 0.0427. The molecule has 128 valence electrons. The normalized spacial score (nSPS) is 11.1. The van der Waals surface area contributed by atoms with E-state index in [1.165, 1.54) is 12.1 Å². The highest BCUT2D eigenvalue weighted by Gasteiger charge is 2.17. The summed E-state index contributed by atoms with van der Waals surface area (Å²) in [6.45, 7) is 0.450. The second-order valence-electron chi connectivity index (χ2n) is 5.33. The Morgan fingerprint density at radius 3 is 2.16 bits per heavy atom. The lowest BCUT2D eigenvalue weighted by Gasteiger charge is -2.10. The van der Waals surface area contributed by atoms with Crippen molar-refractivity contribution in [2.45, 2.75) is 11.5 Å². The molecule has 3 rings (SSSR count). The molecule has 6 heteroatoms. The van der Waals surface area contributed by atoms with E-state index >= 15 is 0 Å². The van der Waals surface area contributed by atoms with Gasteiger partial charge in [0, 0.05) is 5.69 Å². The molecule has 0 saturated heterocycles. The van der Waals surface area contributed by atoms with Crippen molar-refractivity contribution < 1.29 is 13.2 Å². The molecule has 3 aromatic carbocycles. The minimum atomic E-state index is -3.73. The van der Waals surface area contributed by atoms with Crippen molar-refractivity contribution in [2.24, 2.45) is 0 Å². The number of hydrogen-bond donors (Lipinski definition) is 1. The first kappa shape index (κ1) is 17.3. The molecule has 0 aromatic heterocycles. The molecule has 0 aliphatic heterocycles. The van der Waals surface area contributed by atoms with Gasteiger partial charge in [-0.15, -0.1) is 0 Å². The van der Waals surface area contributed by atoms with Crippen molar-refractivity contribution in [3.05, 3.63) is 89.4 Å². The average molecular weight is 374 g/mol. The van der Waals surface area contributed by atoms with Crippen molar-refractivity contribution >= 4 is 27.3 Å². The highest BCUT2D eigenvalue weighted by molar-refractivity contribution is 7.92. The van der Waals surface area contributed by atoms with E-state index in [1.54, 1.807) is 36.4 Å². The first-order valence-corrected chi connectivity index (χ1v) is 9.45. The van der Waals surface area contributed by atoms with Gasteiger partial charge in [-0.05, 0) is 42.0 Å². The smallest absolute Gasteiger partial charge is 0.263 e. The van der Waals surface area contributed by atoms with Crippen molar-refractivity contribution in [3.63, 3.8) is 0 Å². The van der Waals surface area contributed by atoms with Crippen LogP contribution in [0.25, 0.3) is 0 Å². The lowest BCUT2D eigenvalue weighted by molar-refractivity contribution is 0.306. The Bertz CT molecular complexity index is 942. The van der Waals surface area contributed by atoms with Gasteiger partial charge >= 0.3 is 0 Å². The molecule has 0 aliphatic carbocycles. The standard InChI is InChI=1S/C19H16ClNO3S/c20-18-8-4-5-9-19(18)25(22,23)21-16-10-12-17(13-11-16)24-14-15-6-2-1-3-7-15/h1-13,21H,14H2. The van der Waals surface area contributed by atoms with Crippen molar-refractivity contribution in [2.75, 3.05) is 4.72 Å². The maximum atomic E-state index is 12.4. The summed E-state index contributed by atoms with van der Waals surface area (Å²) in [5, 5.41) is 0.179. The van der Waals surface area contributed by atoms with E-state index in [0.717, 1.165) is 5.56 Å². The molecule has 0 heterocycles. The molecule has 0 fully saturated rings. The van der Waals surface area contributed by atoms with Gasteiger partial charge in [0.25, 0.3) is 10.0 Å². The monoisotopic (exact) mass is 373 g/mol. The zero-order chi connectivity index (χ0) is 17.7. The van der Waals surface area contributed by atoms with E-state index in [1.807, 2.05) is 30.3 Å². The topological polar surface area (TPSA) is 55.4 Å². The molecule has 1 N–H and O–H groups in total. The molecule has 3 aromatic rings. The fraction of sp³-hybridized carbons (Fsp3) is 0.0526. The van der Waals surface area contributed by atoms with Crippen LogP contribution in [0.1, 0.15) is 5.56 Å². The van der Waals surface area contributed by atoms with Crippen LogP contribution in [0.3, 0.4) is 0 Å². The van der Waals surface area contributed by atoms with Gasteiger partial charge in [-0.1, -0.05) is 54.1 Å². The summed E-state index contributed by atoms with van der Waals surface area (Å²) in [5.41, 5.74) is 1.50. The summed E-state index contributed by atoms with van der Waals surface area (Å²) in [6.07, 6.45) is 0. The predicted octanol–water partition coefficient (Wildman–Crippen LogP) is 4.72. The maximum Gasteiger partial charge on any atom is 0.263 e.